The molecule has 0 N–H and O–H groups in total. The maximum absolute atomic E-state index is 12.1. The van der Waals surface area contributed by atoms with E-state index in [1.165, 1.54) is 12.2 Å². The standard InChI is InChI=1S/C18H21NO2/c1-3-4-10-18(20)19(21-2)17-13-11-16(12-14-17)15-8-6-5-7-9-15/h5-9,11-14H,3-4,10H2,1-2H3. The van der Waals surface area contributed by atoms with Gasteiger partial charge in [-0.15, -0.1) is 0 Å². The van der Waals surface area contributed by atoms with E-state index in [1.54, 1.807) is 0 Å². The predicted molar refractivity (Wildman–Crippen MR) is 85.9 cm³/mol. The van der Waals surface area contributed by atoms with Gasteiger partial charge in [0.1, 0.15) is 0 Å². The molecular weight excluding hydrogens is 262 g/mol. The van der Waals surface area contributed by atoms with Gasteiger partial charge in [0.25, 0.3) is 5.91 Å². The third-order valence-corrected chi connectivity index (χ3v) is 3.36. The first-order valence-corrected chi connectivity index (χ1v) is 7.28. The molecule has 110 valence electrons. The van der Waals surface area contributed by atoms with E-state index in [-0.39, 0.29) is 5.91 Å². The van der Waals surface area contributed by atoms with E-state index in [9.17, 15) is 4.79 Å². The summed E-state index contributed by atoms with van der Waals surface area (Å²) in [4.78, 5) is 17.3. The summed E-state index contributed by atoms with van der Waals surface area (Å²) in [6.07, 6.45) is 2.38. The molecule has 0 aliphatic heterocycles. The third kappa shape index (κ3) is 3.92. The highest BCUT2D eigenvalue weighted by Gasteiger charge is 2.14. The zero-order chi connectivity index (χ0) is 15.1. The van der Waals surface area contributed by atoms with Gasteiger partial charge in [0.05, 0.1) is 12.8 Å². The van der Waals surface area contributed by atoms with Crippen LogP contribution in [0.15, 0.2) is 54.6 Å². The number of carbonyl (C=O) groups is 1. The Labute approximate surface area is 126 Å². The maximum atomic E-state index is 12.1. The average molecular weight is 283 g/mol. The molecule has 0 radical (unpaired) electrons. The van der Waals surface area contributed by atoms with Crippen molar-refractivity contribution in [1.29, 1.82) is 0 Å². The molecule has 0 aliphatic rings. The Balaban J connectivity index is 2.15. The molecule has 2 aromatic rings. The minimum atomic E-state index is -0.00758. The van der Waals surface area contributed by atoms with Crippen LogP contribution >= 0.6 is 0 Å². The number of amides is 1. The first-order chi connectivity index (χ1) is 10.3. The Morgan fingerprint density at radius 2 is 1.62 bits per heavy atom. The quantitative estimate of drug-likeness (QED) is 0.734. The largest absolute Gasteiger partial charge is 0.272 e. The zero-order valence-electron chi connectivity index (χ0n) is 12.6. The Morgan fingerprint density at radius 3 is 2.19 bits per heavy atom. The molecule has 0 bridgehead atoms. The molecule has 0 fully saturated rings. The second kappa shape index (κ2) is 7.60. The molecule has 3 nitrogen and oxygen atoms in total. The van der Waals surface area contributed by atoms with E-state index in [4.69, 9.17) is 4.84 Å². The van der Waals surface area contributed by atoms with Crippen LogP contribution in [0.25, 0.3) is 11.1 Å². The molecule has 0 spiro atoms. The fraction of sp³-hybridized carbons (Fsp3) is 0.278. The van der Waals surface area contributed by atoms with E-state index in [2.05, 4.69) is 19.1 Å². The van der Waals surface area contributed by atoms with Crippen LogP contribution in [0.3, 0.4) is 0 Å². The van der Waals surface area contributed by atoms with E-state index in [0.717, 1.165) is 29.7 Å². The number of nitrogens with zero attached hydrogens (tertiary/aromatic N) is 1. The topological polar surface area (TPSA) is 29.5 Å². The first-order valence-electron chi connectivity index (χ1n) is 7.28. The summed E-state index contributed by atoms with van der Waals surface area (Å²) in [5.74, 6) is -0.00758. The summed E-state index contributed by atoms with van der Waals surface area (Å²) < 4.78 is 0. The lowest BCUT2D eigenvalue weighted by atomic mass is 10.1. The number of rotatable bonds is 6. The second-order valence-corrected chi connectivity index (χ2v) is 4.89. The van der Waals surface area contributed by atoms with Gasteiger partial charge in [-0.3, -0.25) is 9.63 Å². The van der Waals surface area contributed by atoms with Crippen LogP contribution in [-0.2, 0) is 9.63 Å². The van der Waals surface area contributed by atoms with E-state index >= 15 is 0 Å². The molecule has 1 amide bonds. The predicted octanol–water partition coefficient (Wildman–Crippen LogP) is 4.44. The van der Waals surface area contributed by atoms with E-state index in [1.807, 2.05) is 42.5 Å². The highest BCUT2D eigenvalue weighted by atomic mass is 16.7. The highest BCUT2D eigenvalue weighted by Crippen LogP contribution is 2.23. The summed E-state index contributed by atoms with van der Waals surface area (Å²) in [6, 6.07) is 18.0. The fourth-order valence-corrected chi connectivity index (χ4v) is 2.20. The SMILES string of the molecule is CCCCC(=O)N(OC)c1ccc(-c2ccccc2)cc1. The number of hydrogen-bond acceptors (Lipinski definition) is 2. The van der Waals surface area contributed by atoms with Crippen molar-refractivity contribution in [1.82, 2.24) is 0 Å². The van der Waals surface area contributed by atoms with Crippen LogP contribution in [0.5, 0.6) is 0 Å². The molecule has 2 aromatic carbocycles. The van der Waals surface area contributed by atoms with Crippen molar-refractivity contribution in [3.05, 3.63) is 54.6 Å². The van der Waals surface area contributed by atoms with Gasteiger partial charge in [0, 0.05) is 6.42 Å². The summed E-state index contributed by atoms with van der Waals surface area (Å²) >= 11 is 0. The molecular formula is C18H21NO2. The van der Waals surface area contributed by atoms with Crippen LogP contribution in [0.2, 0.25) is 0 Å². The normalized spacial score (nSPS) is 10.4. The molecule has 0 saturated carbocycles. The van der Waals surface area contributed by atoms with E-state index < -0.39 is 0 Å². The first kappa shape index (κ1) is 15.3. The lowest BCUT2D eigenvalue weighted by Crippen LogP contribution is -2.29. The number of hydrogen-bond donors (Lipinski definition) is 0. The Kier molecular flexibility index (Phi) is 5.52. The monoisotopic (exact) mass is 283 g/mol. The summed E-state index contributed by atoms with van der Waals surface area (Å²) in [7, 11) is 1.52. The summed E-state index contributed by atoms with van der Waals surface area (Å²) in [5.41, 5.74) is 3.04. The van der Waals surface area contributed by atoms with Gasteiger partial charge in [-0.05, 0) is 29.7 Å². The lowest BCUT2D eigenvalue weighted by Gasteiger charge is -2.20. The van der Waals surface area contributed by atoms with Crippen molar-refractivity contribution < 1.29 is 9.63 Å². The molecule has 0 saturated heterocycles. The number of benzene rings is 2. The Hall–Kier alpha value is -2.13. The molecule has 0 unspecified atom stereocenters. The van der Waals surface area contributed by atoms with Gasteiger partial charge in [-0.25, -0.2) is 0 Å². The fourth-order valence-electron chi connectivity index (χ4n) is 2.20. The molecule has 3 heteroatoms. The van der Waals surface area contributed by atoms with Gasteiger partial charge in [0.2, 0.25) is 0 Å². The summed E-state index contributed by atoms with van der Waals surface area (Å²) in [6.45, 7) is 2.07. The van der Waals surface area contributed by atoms with Crippen LogP contribution in [0.4, 0.5) is 5.69 Å². The molecule has 0 atom stereocenters. The number of carbonyl (C=O) groups excluding carboxylic acids is 1. The van der Waals surface area contributed by atoms with Crippen molar-refractivity contribution in [3.63, 3.8) is 0 Å². The number of anilines is 1. The number of hydroxylamine groups is 1. The van der Waals surface area contributed by atoms with Crippen LogP contribution < -0.4 is 5.06 Å². The maximum Gasteiger partial charge on any atom is 0.250 e. The van der Waals surface area contributed by atoms with Crippen LogP contribution in [-0.4, -0.2) is 13.0 Å². The van der Waals surface area contributed by atoms with E-state index in [0.29, 0.717) is 6.42 Å². The van der Waals surface area contributed by atoms with Crippen LogP contribution in [0.1, 0.15) is 26.2 Å². The molecule has 0 aliphatic carbocycles. The van der Waals surface area contributed by atoms with Crippen LogP contribution in [0, 0.1) is 0 Å². The average Bonchev–Trinajstić information content (AvgIpc) is 2.55. The van der Waals surface area contributed by atoms with Crippen molar-refractivity contribution in [2.75, 3.05) is 12.2 Å². The second-order valence-electron chi connectivity index (χ2n) is 4.89. The van der Waals surface area contributed by atoms with Crippen molar-refractivity contribution in [2.45, 2.75) is 26.2 Å². The van der Waals surface area contributed by atoms with Gasteiger partial charge in [-0.2, -0.15) is 5.06 Å². The number of unbranched alkanes of at least 4 members (excludes halogenated alkanes) is 1. The van der Waals surface area contributed by atoms with Crippen molar-refractivity contribution in [3.8, 4) is 11.1 Å². The third-order valence-electron chi connectivity index (χ3n) is 3.36. The zero-order valence-corrected chi connectivity index (χ0v) is 12.6. The minimum Gasteiger partial charge on any atom is -0.272 e. The molecule has 21 heavy (non-hydrogen) atoms. The van der Waals surface area contributed by atoms with Crippen molar-refractivity contribution >= 4 is 11.6 Å². The molecule has 0 heterocycles. The van der Waals surface area contributed by atoms with Gasteiger partial charge < -0.3 is 0 Å². The summed E-state index contributed by atoms with van der Waals surface area (Å²) in [5, 5.41) is 1.37. The highest BCUT2D eigenvalue weighted by molar-refractivity contribution is 5.91. The van der Waals surface area contributed by atoms with Crippen molar-refractivity contribution in [2.24, 2.45) is 0 Å². The van der Waals surface area contributed by atoms with Gasteiger partial charge >= 0.3 is 0 Å². The minimum absolute atomic E-state index is 0.00758. The molecule has 0 aromatic heterocycles. The Morgan fingerprint density at radius 1 is 1.00 bits per heavy atom. The van der Waals surface area contributed by atoms with Gasteiger partial charge in [0.15, 0.2) is 0 Å². The molecule has 2 rings (SSSR count). The lowest BCUT2D eigenvalue weighted by molar-refractivity contribution is -0.124. The Bertz CT molecular complexity index is 564. The van der Waals surface area contributed by atoms with Gasteiger partial charge in [-0.1, -0.05) is 55.8 Å². The smallest absolute Gasteiger partial charge is 0.250 e.